The maximum Gasteiger partial charge on any atom is 0.254 e. The van der Waals surface area contributed by atoms with Crippen LogP contribution in [0.4, 0.5) is 4.39 Å². The van der Waals surface area contributed by atoms with Crippen LogP contribution in [0.15, 0.2) is 36.4 Å². The van der Waals surface area contributed by atoms with Crippen LogP contribution < -0.4 is 0 Å². The van der Waals surface area contributed by atoms with Crippen LogP contribution in [-0.4, -0.2) is 35.4 Å². The molecule has 0 unspecified atom stereocenters. The zero-order chi connectivity index (χ0) is 13.9. The van der Waals surface area contributed by atoms with E-state index in [1.807, 2.05) is 28.8 Å². The predicted octanol–water partition coefficient (Wildman–Crippen LogP) is 3.56. The first-order valence-electron chi connectivity index (χ1n) is 6.81. The average molecular weight is 289 g/mol. The maximum absolute atomic E-state index is 13.8. The molecule has 2 nitrogen and oxygen atoms in total. The first-order chi connectivity index (χ1) is 9.77. The van der Waals surface area contributed by atoms with Gasteiger partial charge in [-0.2, -0.15) is 11.8 Å². The van der Waals surface area contributed by atoms with Gasteiger partial charge in [0, 0.05) is 29.8 Å². The van der Waals surface area contributed by atoms with E-state index in [0.717, 1.165) is 31.0 Å². The van der Waals surface area contributed by atoms with Crippen LogP contribution >= 0.6 is 11.8 Å². The summed E-state index contributed by atoms with van der Waals surface area (Å²) in [6, 6.07) is 10.2. The van der Waals surface area contributed by atoms with E-state index in [2.05, 4.69) is 0 Å². The highest BCUT2D eigenvalue weighted by atomic mass is 32.2. The third kappa shape index (κ3) is 2.52. The van der Waals surface area contributed by atoms with Crippen molar-refractivity contribution in [2.24, 2.45) is 0 Å². The molecule has 3 rings (SSSR count). The number of hydrogen-bond donors (Lipinski definition) is 0. The van der Waals surface area contributed by atoms with Crippen LogP contribution in [0.2, 0.25) is 0 Å². The number of carbonyl (C=O) groups is 1. The van der Waals surface area contributed by atoms with Crippen molar-refractivity contribution in [3.63, 3.8) is 0 Å². The van der Waals surface area contributed by atoms with Crippen LogP contribution in [0.1, 0.15) is 16.8 Å². The topological polar surface area (TPSA) is 20.3 Å². The lowest BCUT2D eigenvalue weighted by Crippen LogP contribution is -2.33. The normalized spacial score (nSPS) is 16.1. The molecule has 104 valence electrons. The maximum atomic E-state index is 13.8. The first kappa shape index (κ1) is 13.4. The molecule has 1 saturated heterocycles. The Morgan fingerprint density at radius 3 is 2.70 bits per heavy atom. The quantitative estimate of drug-likeness (QED) is 0.800. The summed E-state index contributed by atoms with van der Waals surface area (Å²) in [5.41, 5.74) is 0.605. The van der Waals surface area contributed by atoms with Gasteiger partial charge in [-0.15, -0.1) is 0 Å². The van der Waals surface area contributed by atoms with E-state index in [4.69, 9.17) is 0 Å². The van der Waals surface area contributed by atoms with Gasteiger partial charge in [-0.3, -0.25) is 4.79 Å². The Hall–Kier alpha value is -1.55. The second kappa shape index (κ2) is 5.83. The Morgan fingerprint density at radius 1 is 1.05 bits per heavy atom. The van der Waals surface area contributed by atoms with E-state index in [0.29, 0.717) is 16.3 Å². The molecular weight excluding hydrogens is 273 g/mol. The summed E-state index contributed by atoms with van der Waals surface area (Å²) >= 11 is 1.88. The van der Waals surface area contributed by atoms with Gasteiger partial charge in [0.2, 0.25) is 0 Å². The van der Waals surface area contributed by atoms with Gasteiger partial charge in [-0.25, -0.2) is 4.39 Å². The van der Waals surface area contributed by atoms with E-state index in [1.165, 1.54) is 6.07 Å². The molecular formula is C16H16FNOS. The van der Waals surface area contributed by atoms with Gasteiger partial charge < -0.3 is 4.90 Å². The lowest BCUT2D eigenvalue weighted by Gasteiger charge is -2.21. The monoisotopic (exact) mass is 289 g/mol. The summed E-state index contributed by atoms with van der Waals surface area (Å²) in [5, 5.41) is 1.22. The number of halogens is 1. The third-order valence-corrected chi connectivity index (χ3v) is 4.66. The molecule has 0 N–H and O–H groups in total. The molecule has 0 atom stereocenters. The van der Waals surface area contributed by atoms with Gasteiger partial charge >= 0.3 is 0 Å². The standard InChI is InChI=1S/C16H16FNOS/c17-15-7-6-14(12-4-1-2-5-13(12)15)16(19)18-8-3-10-20-11-9-18/h1-2,4-7H,3,8-11H2. The summed E-state index contributed by atoms with van der Waals surface area (Å²) in [5.74, 6) is 1.82. The second-order valence-corrected chi connectivity index (χ2v) is 6.12. The van der Waals surface area contributed by atoms with Crippen molar-refractivity contribution >= 4 is 28.4 Å². The Morgan fingerprint density at radius 2 is 1.85 bits per heavy atom. The summed E-state index contributed by atoms with van der Waals surface area (Å²) < 4.78 is 13.8. The minimum absolute atomic E-state index is 0.0173. The van der Waals surface area contributed by atoms with Crippen molar-refractivity contribution in [3.05, 3.63) is 47.8 Å². The Balaban J connectivity index is 2.01. The number of fused-ring (bicyclic) bond motifs is 1. The number of thioether (sulfide) groups is 1. The highest BCUT2D eigenvalue weighted by Gasteiger charge is 2.20. The highest BCUT2D eigenvalue weighted by Crippen LogP contribution is 2.24. The molecule has 2 aromatic carbocycles. The lowest BCUT2D eigenvalue weighted by molar-refractivity contribution is 0.0770. The number of amides is 1. The lowest BCUT2D eigenvalue weighted by atomic mass is 10.0. The molecule has 0 radical (unpaired) electrons. The third-order valence-electron chi connectivity index (χ3n) is 3.61. The van der Waals surface area contributed by atoms with Crippen molar-refractivity contribution in [1.82, 2.24) is 4.90 Å². The molecule has 1 heterocycles. The smallest absolute Gasteiger partial charge is 0.254 e. The Kier molecular flexibility index (Phi) is 3.92. The van der Waals surface area contributed by atoms with E-state index >= 15 is 0 Å². The molecule has 0 spiro atoms. The fraction of sp³-hybridized carbons (Fsp3) is 0.312. The van der Waals surface area contributed by atoms with Gasteiger partial charge in [0.1, 0.15) is 5.82 Å². The number of benzene rings is 2. The predicted molar refractivity (Wildman–Crippen MR) is 81.8 cm³/mol. The van der Waals surface area contributed by atoms with E-state index < -0.39 is 0 Å². The molecule has 1 fully saturated rings. The molecule has 1 aliphatic rings. The first-order valence-corrected chi connectivity index (χ1v) is 7.97. The van der Waals surface area contributed by atoms with Crippen molar-refractivity contribution < 1.29 is 9.18 Å². The van der Waals surface area contributed by atoms with Crippen molar-refractivity contribution in [2.45, 2.75) is 6.42 Å². The van der Waals surface area contributed by atoms with Crippen molar-refractivity contribution in [3.8, 4) is 0 Å². The molecule has 0 aromatic heterocycles. The van der Waals surface area contributed by atoms with E-state index in [-0.39, 0.29) is 11.7 Å². The van der Waals surface area contributed by atoms with Gasteiger partial charge in [0.25, 0.3) is 5.91 Å². The van der Waals surface area contributed by atoms with E-state index in [1.54, 1.807) is 18.2 Å². The fourth-order valence-electron chi connectivity index (χ4n) is 2.57. The van der Waals surface area contributed by atoms with Crippen LogP contribution in [0, 0.1) is 5.82 Å². The Labute approximate surface area is 122 Å². The minimum Gasteiger partial charge on any atom is -0.338 e. The molecule has 0 saturated carbocycles. The van der Waals surface area contributed by atoms with Crippen LogP contribution in [0.25, 0.3) is 10.8 Å². The van der Waals surface area contributed by atoms with Crippen molar-refractivity contribution in [1.29, 1.82) is 0 Å². The average Bonchev–Trinajstić information content (AvgIpc) is 2.76. The van der Waals surface area contributed by atoms with Crippen LogP contribution in [0.5, 0.6) is 0 Å². The molecule has 0 bridgehead atoms. The minimum atomic E-state index is -0.274. The second-order valence-electron chi connectivity index (χ2n) is 4.90. The highest BCUT2D eigenvalue weighted by molar-refractivity contribution is 7.99. The molecule has 2 aromatic rings. The number of hydrogen-bond acceptors (Lipinski definition) is 2. The largest absolute Gasteiger partial charge is 0.338 e. The van der Waals surface area contributed by atoms with Crippen LogP contribution in [0.3, 0.4) is 0 Å². The van der Waals surface area contributed by atoms with Crippen molar-refractivity contribution in [2.75, 3.05) is 24.6 Å². The van der Waals surface area contributed by atoms with Gasteiger partial charge in [0.05, 0.1) is 0 Å². The molecule has 20 heavy (non-hydrogen) atoms. The molecule has 4 heteroatoms. The van der Waals surface area contributed by atoms with Gasteiger partial charge in [-0.1, -0.05) is 24.3 Å². The summed E-state index contributed by atoms with van der Waals surface area (Å²) in [4.78, 5) is 14.6. The van der Waals surface area contributed by atoms with Crippen LogP contribution in [-0.2, 0) is 0 Å². The zero-order valence-electron chi connectivity index (χ0n) is 11.1. The SMILES string of the molecule is O=C(c1ccc(F)c2ccccc12)N1CCCSCC1. The summed E-state index contributed by atoms with van der Waals surface area (Å²) in [6.07, 6.45) is 1.02. The van der Waals surface area contributed by atoms with E-state index in [9.17, 15) is 9.18 Å². The fourth-order valence-corrected chi connectivity index (χ4v) is 3.46. The number of nitrogens with zero attached hydrogens (tertiary/aromatic N) is 1. The van der Waals surface area contributed by atoms with Gasteiger partial charge in [-0.05, 0) is 29.7 Å². The molecule has 1 amide bonds. The zero-order valence-corrected chi connectivity index (χ0v) is 12.0. The Bertz CT molecular complexity index is 635. The summed E-state index contributed by atoms with van der Waals surface area (Å²) in [7, 11) is 0. The molecule has 0 aliphatic carbocycles. The molecule has 1 aliphatic heterocycles. The summed E-state index contributed by atoms with van der Waals surface area (Å²) in [6.45, 7) is 1.56. The number of carbonyl (C=O) groups excluding carboxylic acids is 1. The van der Waals surface area contributed by atoms with Gasteiger partial charge in [0.15, 0.2) is 0 Å². The number of rotatable bonds is 1.